The van der Waals surface area contributed by atoms with Crippen molar-refractivity contribution >= 4 is 16.8 Å². The average Bonchev–Trinajstić information content (AvgIpc) is 2.97. The Morgan fingerprint density at radius 1 is 1.44 bits per heavy atom. The maximum atomic E-state index is 13.5. The molecule has 3 rings (SSSR count). The van der Waals surface area contributed by atoms with Crippen molar-refractivity contribution in [1.29, 1.82) is 0 Å². The Bertz CT molecular complexity index is 587. The summed E-state index contributed by atoms with van der Waals surface area (Å²) < 4.78 is 13.5. The molecule has 18 heavy (non-hydrogen) atoms. The van der Waals surface area contributed by atoms with Gasteiger partial charge in [-0.2, -0.15) is 0 Å². The summed E-state index contributed by atoms with van der Waals surface area (Å²) in [5.41, 5.74) is 1.05. The number of aromatic amines is 1. The molecule has 5 heteroatoms. The van der Waals surface area contributed by atoms with Crippen LogP contribution in [-0.4, -0.2) is 30.0 Å². The molecule has 0 radical (unpaired) electrons. The highest BCUT2D eigenvalue weighted by molar-refractivity contribution is 5.98. The van der Waals surface area contributed by atoms with Crippen LogP contribution in [0.25, 0.3) is 10.9 Å². The normalized spacial score (nSPS) is 19.3. The zero-order chi connectivity index (χ0) is 12.5. The third-order valence-electron chi connectivity index (χ3n) is 3.25. The lowest BCUT2D eigenvalue weighted by Crippen LogP contribution is -2.36. The second kappa shape index (κ2) is 4.42. The number of fused-ring (bicyclic) bond motifs is 1. The first-order chi connectivity index (χ1) is 8.74. The molecule has 0 unspecified atom stereocenters. The molecule has 1 fully saturated rings. The number of H-pyrrole nitrogens is 1. The summed E-state index contributed by atoms with van der Waals surface area (Å²) in [6.45, 7) is 1.71. The van der Waals surface area contributed by atoms with Gasteiger partial charge < -0.3 is 15.6 Å². The maximum Gasteiger partial charge on any atom is 0.267 e. The number of aromatic nitrogens is 1. The monoisotopic (exact) mass is 247 g/mol. The number of carbonyl (C=O) groups is 1. The summed E-state index contributed by atoms with van der Waals surface area (Å²) >= 11 is 0. The van der Waals surface area contributed by atoms with Crippen LogP contribution in [0.2, 0.25) is 0 Å². The van der Waals surface area contributed by atoms with Crippen molar-refractivity contribution in [3.8, 4) is 0 Å². The number of rotatable bonds is 2. The molecule has 1 amide bonds. The number of amides is 1. The van der Waals surface area contributed by atoms with Crippen LogP contribution in [0.3, 0.4) is 0 Å². The van der Waals surface area contributed by atoms with E-state index in [-0.39, 0.29) is 17.8 Å². The molecule has 3 N–H and O–H groups in total. The van der Waals surface area contributed by atoms with E-state index in [2.05, 4.69) is 15.6 Å². The summed E-state index contributed by atoms with van der Waals surface area (Å²) in [6, 6.07) is 6.48. The molecule has 1 aromatic carbocycles. The molecule has 2 heterocycles. The Balaban J connectivity index is 1.85. The van der Waals surface area contributed by atoms with Crippen LogP contribution in [0.5, 0.6) is 0 Å². The average molecular weight is 247 g/mol. The Hall–Kier alpha value is -1.88. The van der Waals surface area contributed by atoms with Crippen LogP contribution in [-0.2, 0) is 0 Å². The number of nitrogens with one attached hydrogen (secondary N) is 3. The van der Waals surface area contributed by atoms with Gasteiger partial charge in [0.2, 0.25) is 0 Å². The fourth-order valence-electron chi connectivity index (χ4n) is 2.28. The van der Waals surface area contributed by atoms with E-state index in [9.17, 15) is 9.18 Å². The van der Waals surface area contributed by atoms with Crippen LogP contribution in [0.1, 0.15) is 16.9 Å². The molecule has 4 nitrogen and oxygen atoms in total. The smallest absolute Gasteiger partial charge is 0.267 e. The van der Waals surface area contributed by atoms with Gasteiger partial charge in [0.1, 0.15) is 11.5 Å². The molecule has 2 aromatic rings. The number of hydrogen-bond acceptors (Lipinski definition) is 2. The molecule has 1 atom stereocenters. The number of carbonyl (C=O) groups excluding carboxylic acids is 1. The SMILES string of the molecule is O=C(N[C@@H]1CCNC1)c1cc2c(F)cccc2[nH]1. The second-order valence-corrected chi connectivity index (χ2v) is 4.55. The molecule has 1 aliphatic heterocycles. The molecule has 1 saturated heterocycles. The largest absolute Gasteiger partial charge is 0.350 e. The standard InChI is InChI=1S/C13H14FN3O/c14-10-2-1-3-11-9(10)6-12(17-11)13(18)16-8-4-5-15-7-8/h1-3,6,8,15,17H,4-5,7H2,(H,16,18)/t8-/m1/s1. The van der Waals surface area contributed by atoms with Crippen LogP contribution in [0, 0.1) is 5.82 Å². The van der Waals surface area contributed by atoms with E-state index < -0.39 is 0 Å². The molecule has 94 valence electrons. The highest BCUT2D eigenvalue weighted by Crippen LogP contribution is 2.18. The summed E-state index contributed by atoms with van der Waals surface area (Å²) in [5.74, 6) is -0.496. The minimum atomic E-state index is -0.315. The highest BCUT2D eigenvalue weighted by atomic mass is 19.1. The summed E-state index contributed by atoms with van der Waals surface area (Å²) in [6.07, 6.45) is 0.931. The third kappa shape index (κ3) is 1.97. The van der Waals surface area contributed by atoms with Crippen molar-refractivity contribution in [1.82, 2.24) is 15.6 Å². The summed E-state index contributed by atoms with van der Waals surface area (Å²) in [4.78, 5) is 14.9. The zero-order valence-electron chi connectivity index (χ0n) is 9.79. The lowest BCUT2D eigenvalue weighted by Gasteiger charge is -2.09. The molecular weight excluding hydrogens is 233 g/mol. The van der Waals surface area contributed by atoms with Crippen LogP contribution in [0.15, 0.2) is 24.3 Å². The summed E-state index contributed by atoms with van der Waals surface area (Å²) in [5, 5.41) is 6.55. The van der Waals surface area contributed by atoms with Gasteiger partial charge in [0.15, 0.2) is 0 Å². The lowest BCUT2D eigenvalue weighted by atomic mass is 10.2. The van der Waals surface area contributed by atoms with Gasteiger partial charge in [-0.25, -0.2) is 4.39 Å². The topological polar surface area (TPSA) is 56.9 Å². The second-order valence-electron chi connectivity index (χ2n) is 4.55. The molecular formula is C13H14FN3O. The molecule has 0 spiro atoms. The Labute approximate surface area is 104 Å². The number of benzene rings is 1. The molecule has 0 aliphatic carbocycles. The van der Waals surface area contributed by atoms with Gasteiger partial charge in [-0.1, -0.05) is 6.07 Å². The van der Waals surface area contributed by atoms with Crippen molar-refractivity contribution in [2.45, 2.75) is 12.5 Å². The molecule has 0 saturated carbocycles. The van der Waals surface area contributed by atoms with Crippen molar-refractivity contribution in [2.75, 3.05) is 13.1 Å². The predicted molar refractivity (Wildman–Crippen MR) is 67.0 cm³/mol. The predicted octanol–water partition coefficient (Wildman–Crippen LogP) is 1.40. The minimum Gasteiger partial charge on any atom is -0.350 e. The first kappa shape index (κ1) is 11.2. The minimum absolute atomic E-state index is 0.161. The van der Waals surface area contributed by atoms with E-state index >= 15 is 0 Å². The quantitative estimate of drug-likeness (QED) is 0.751. The van der Waals surface area contributed by atoms with Crippen LogP contribution in [0.4, 0.5) is 4.39 Å². The first-order valence-electron chi connectivity index (χ1n) is 6.03. The zero-order valence-corrected chi connectivity index (χ0v) is 9.79. The summed E-state index contributed by atoms with van der Waals surface area (Å²) in [7, 11) is 0. The third-order valence-corrected chi connectivity index (χ3v) is 3.25. The van der Waals surface area contributed by atoms with Crippen molar-refractivity contribution in [2.24, 2.45) is 0 Å². The lowest BCUT2D eigenvalue weighted by molar-refractivity contribution is 0.0936. The van der Waals surface area contributed by atoms with Crippen LogP contribution < -0.4 is 10.6 Å². The van der Waals surface area contributed by atoms with Crippen LogP contribution >= 0.6 is 0 Å². The molecule has 1 aliphatic rings. The van der Waals surface area contributed by atoms with Crippen molar-refractivity contribution < 1.29 is 9.18 Å². The number of halogens is 1. The van der Waals surface area contributed by atoms with E-state index in [4.69, 9.17) is 0 Å². The fraction of sp³-hybridized carbons (Fsp3) is 0.308. The van der Waals surface area contributed by atoms with Gasteiger partial charge in [-0.05, 0) is 31.2 Å². The van der Waals surface area contributed by atoms with Gasteiger partial charge in [-0.15, -0.1) is 0 Å². The number of hydrogen-bond donors (Lipinski definition) is 3. The van der Waals surface area contributed by atoms with Gasteiger partial charge in [0, 0.05) is 23.5 Å². The highest BCUT2D eigenvalue weighted by Gasteiger charge is 2.19. The van der Waals surface area contributed by atoms with E-state index in [1.54, 1.807) is 18.2 Å². The fourth-order valence-corrected chi connectivity index (χ4v) is 2.28. The molecule has 0 bridgehead atoms. The Morgan fingerprint density at radius 2 is 2.33 bits per heavy atom. The maximum absolute atomic E-state index is 13.5. The first-order valence-corrected chi connectivity index (χ1v) is 6.03. The Kier molecular flexibility index (Phi) is 2.76. The van der Waals surface area contributed by atoms with Gasteiger partial charge in [-0.3, -0.25) is 4.79 Å². The van der Waals surface area contributed by atoms with Gasteiger partial charge in [0.05, 0.1) is 0 Å². The van der Waals surface area contributed by atoms with E-state index in [1.165, 1.54) is 6.07 Å². The molecule has 1 aromatic heterocycles. The van der Waals surface area contributed by atoms with Crippen molar-refractivity contribution in [3.63, 3.8) is 0 Å². The Morgan fingerprint density at radius 3 is 3.06 bits per heavy atom. The van der Waals surface area contributed by atoms with E-state index in [0.29, 0.717) is 16.6 Å². The van der Waals surface area contributed by atoms with Crippen molar-refractivity contribution in [3.05, 3.63) is 35.8 Å². The van der Waals surface area contributed by atoms with E-state index in [1.807, 2.05) is 0 Å². The van der Waals surface area contributed by atoms with Gasteiger partial charge in [0.25, 0.3) is 5.91 Å². The van der Waals surface area contributed by atoms with Gasteiger partial charge >= 0.3 is 0 Å². The van der Waals surface area contributed by atoms with E-state index in [0.717, 1.165) is 19.5 Å².